The smallest absolute Gasteiger partial charge is 0.303 e. The summed E-state index contributed by atoms with van der Waals surface area (Å²) in [5.74, 6) is 0.0868. The van der Waals surface area contributed by atoms with Crippen molar-refractivity contribution < 1.29 is 9.90 Å². The minimum Gasteiger partial charge on any atom is -0.481 e. The van der Waals surface area contributed by atoms with Crippen molar-refractivity contribution in [3.05, 3.63) is 35.1 Å². The fourth-order valence-electron chi connectivity index (χ4n) is 2.06. The van der Waals surface area contributed by atoms with Gasteiger partial charge in [0.05, 0.1) is 0 Å². The van der Waals surface area contributed by atoms with Gasteiger partial charge in [-0.25, -0.2) is 0 Å². The van der Waals surface area contributed by atoms with Gasteiger partial charge in [0.15, 0.2) is 10.6 Å². The van der Waals surface area contributed by atoms with Crippen LogP contribution in [0.25, 0.3) is 11.4 Å². The van der Waals surface area contributed by atoms with Crippen LogP contribution in [0.4, 0.5) is 0 Å². The lowest BCUT2D eigenvalue weighted by Gasteiger charge is -2.06. The molecule has 2 aromatic rings. The first-order valence-corrected chi connectivity index (χ1v) is 7.01. The van der Waals surface area contributed by atoms with Crippen molar-refractivity contribution in [1.82, 2.24) is 14.8 Å². The van der Waals surface area contributed by atoms with Gasteiger partial charge in [-0.1, -0.05) is 36.8 Å². The first kappa shape index (κ1) is 14.5. The second kappa shape index (κ2) is 7.00. The maximum absolute atomic E-state index is 10.4. The van der Waals surface area contributed by atoms with E-state index >= 15 is 0 Å². The Morgan fingerprint density at radius 3 is 2.70 bits per heavy atom. The summed E-state index contributed by atoms with van der Waals surface area (Å²) in [5, 5.41) is 15.7. The SMILES string of the molecule is O=C(O)CCCCCn1c(-c2ccccc2)n[nH]c1=S. The Hall–Kier alpha value is -1.95. The van der Waals surface area contributed by atoms with Crippen molar-refractivity contribution in [2.45, 2.75) is 32.2 Å². The summed E-state index contributed by atoms with van der Waals surface area (Å²) in [6.07, 6.45) is 2.68. The highest BCUT2D eigenvalue weighted by molar-refractivity contribution is 7.71. The van der Waals surface area contributed by atoms with Crippen LogP contribution in [0.3, 0.4) is 0 Å². The summed E-state index contributed by atoms with van der Waals surface area (Å²) in [7, 11) is 0. The number of H-pyrrole nitrogens is 1. The van der Waals surface area contributed by atoms with Gasteiger partial charge in [-0.15, -0.1) is 0 Å². The topological polar surface area (TPSA) is 70.9 Å². The van der Waals surface area contributed by atoms with Crippen molar-refractivity contribution in [2.24, 2.45) is 0 Å². The van der Waals surface area contributed by atoms with E-state index in [1.54, 1.807) is 0 Å². The molecule has 0 amide bonds. The molecule has 0 fully saturated rings. The Kier molecular flexibility index (Phi) is 5.06. The summed E-state index contributed by atoms with van der Waals surface area (Å²) in [5.41, 5.74) is 1.02. The van der Waals surface area contributed by atoms with E-state index in [0.717, 1.165) is 30.8 Å². The summed E-state index contributed by atoms with van der Waals surface area (Å²) >= 11 is 5.24. The van der Waals surface area contributed by atoms with Crippen LogP contribution in [0.5, 0.6) is 0 Å². The molecule has 0 atom stereocenters. The predicted octanol–water partition coefficient (Wildman–Crippen LogP) is 3.25. The second-order valence-electron chi connectivity index (χ2n) is 4.57. The van der Waals surface area contributed by atoms with Crippen molar-refractivity contribution in [3.63, 3.8) is 0 Å². The van der Waals surface area contributed by atoms with Crippen LogP contribution < -0.4 is 0 Å². The first-order chi connectivity index (χ1) is 9.68. The molecular formula is C14H17N3O2S. The second-order valence-corrected chi connectivity index (χ2v) is 4.96. The van der Waals surface area contributed by atoms with E-state index in [2.05, 4.69) is 10.2 Å². The Balaban J connectivity index is 2.00. The van der Waals surface area contributed by atoms with Crippen LogP contribution in [0, 0.1) is 4.77 Å². The number of hydrogen-bond acceptors (Lipinski definition) is 3. The highest BCUT2D eigenvalue weighted by atomic mass is 32.1. The molecule has 1 aromatic heterocycles. The molecule has 0 aliphatic rings. The highest BCUT2D eigenvalue weighted by Gasteiger charge is 2.08. The third-order valence-corrected chi connectivity index (χ3v) is 3.37. The molecule has 1 heterocycles. The molecule has 106 valence electrons. The standard InChI is InChI=1S/C14H17N3O2S/c18-12(19)9-5-2-6-10-17-13(15-16-14(17)20)11-7-3-1-4-8-11/h1,3-4,7-8H,2,5-6,9-10H2,(H,16,20)(H,18,19). The van der Waals surface area contributed by atoms with Gasteiger partial charge in [-0.2, -0.15) is 5.10 Å². The molecule has 2 rings (SSSR count). The molecule has 0 spiro atoms. The quantitative estimate of drug-likeness (QED) is 0.607. The van der Waals surface area contributed by atoms with Crippen LogP contribution in [0.2, 0.25) is 0 Å². The van der Waals surface area contributed by atoms with E-state index in [4.69, 9.17) is 17.3 Å². The van der Waals surface area contributed by atoms with Crippen LogP contribution in [0.1, 0.15) is 25.7 Å². The normalized spacial score (nSPS) is 10.6. The molecule has 0 unspecified atom stereocenters. The van der Waals surface area contributed by atoms with Gasteiger partial charge in [-0.3, -0.25) is 9.89 Å². The van der Waals surface area contributed by atoms with Crippen molar-refractivity contribution in [3.8, 4) is 11.4 Å². The lowest BCUT2D eigenvalue weighted by Crippen LogP contribution is -2.02. The van der Waals surface area contributed by atoms with Gasteiger partial charge < -0.3 is 9.67 Å². The zero-order chi connectivity index (χ0) is 14.4. The van der Waals surface area contributed by atoms with E-state index in [9.17, 15) is 4.79 Å². The fourth-order valence-corrected chi connectivity index (χ4v) is 2.28. The Morgan fingerprint density at radius 2 is 2.00 bits per heavy atom. The zero-order valence-electron chi connectivity index (χ0n) is 11.1. The van der Waals surface area contributed by atoms with E-state index in [-0.39, 0.29) is 6.42 Å². The van der Waals surface area contributed by atoms with Crippen LogP contribution in [-0.4, -0.2) is 25.8 Å². The number of aliphatic carboxylic acids is 1. The Morgan fingerprint density at radius 1 is 1.25 bits per heavy atom. The van der Waals surface area contributed by atoms with Gasteiger partial charge in [0, 0.05) is 18.5 Å². The molecule has 0 saturated carbocycles. The maximum Gasteiger partial charge on any atom is 0.303 e. The van der Waals surface area contributed by atoms with Crippen molar-refractivity contribution >= 4 is 18.2 Å². The van der Waals surface area contributed by atoms with Gasteiger partial charge in [-0.05, 0) is 25.1 Å². The molecular weight excluding hydrogens is 274 g/mol. The average Bonchev–Trinajstić information content (AvgIpc) is 2.80. The summed E-state index contributed by atoms with van der Waals surface area (Å²) in [4.78, 5) is 10.4. The number of carbonyl (C=O) groups is 1. The molecule has 0 saturated heterocycles. The van der Waals surface area contributed by atoms with Gasteiger partial charge in [0.1, 0.15) is 0 Å². The van der Waals surface area contributed by atoms with E-state index in [1.165, 1.54) is 0 Å². The van der Waals surface area contributed by atoms with E-state index in [1.807, 2.05) is 34.9 Å². The number of carboxylic acid groups (broad SMARTS) is 1. The van der Waals surface area contributed by atoms with Gasteiger partial charge in [0.2, 0.25) is 0 Å². The number of carboxylic acids is 1. The van der Waals surface area contributed by atoms with E-state index < -0.39 is 5.97 Å². The number of aromatic amines is 1. The minimum atomic E-state index is -0.741. The fraction of sp³-hybridized carbons (Fsp3) is 0.357. The number of hydrogen-bond donors (Lipinski definition) is 2. The third kappa shape index (κ3) is 3.77. The molecule has 20 heavy (non-hydrogen) atoms. The summed E-state index contributed by atoms with van der Waals surface area (Å²) < 4.78 is 2.56. The molecule has 0 bridgehead atoms. The van der Waals surface area contributed by atoms with Gasteiger partial charge in [0.25, 0.3) is 0 Å². The van der Waals surface area contributed by atoms with Crippen LogP contribution in [-0.2, 0) is 11.3 Å². The number of rotatable bonds is 7. The molecule has 5 nitrogen and oxygen atoms in total. The third-order valence-electron chi connectivity index (χ3n) is 3.06. The average molecular weight is 291 g/mol. The Bertz CT molecular complexity index is 619. The molecule has 6 heteroatoms. The maximum atomic E-state index is 10.4. The van der Waals surface area contributed by atoms with E-state index in [0.29, 0.717) is 11.2 Å². The number of unbranched alkanes of at least 4 members (excludes halogenated alkanes) is 2. The number of benzene rings is 1. The first-order valence-electron chi connectivity index (χ1n) is 6.61. The molecule has 0 aliphatic heterocycles. The van der Waals surface area contributed by atoms with Crippen LogP contribution >= 0.6 is 12.2 Å². The largest absolute Gasteiger partial charge is 0.481 e. The zero-order valence-corrected chi connectivity index (χ0v) is 11.9. The van der Waals surface area contributed by atoms with Crippen molar-refractivity contribution in [1.29, 1.82) is 0 Å². The lowest BCUT2D eigenvalue weighted by molar-refractivity contribution is -0.137. The number of aromatic nitrogens is 3. The van der Waals surface area contributed by atoms with Gasteiger partial charge >= 0.3 is 5.97 Å². The minimum absolute atomic E-state index is 0.225. The lowest BCUT2D eigenvalue weighted by atomic mass is 10.2. The monoisotopic (exact) mass is 291 g/mol. The summed E-state index contributed by atoms with van der Waals surface area (Å²) in [6, 6.07) is 9.87. The van der Waals surface area contributed by atoms with Crippen LogP contribution in [0.15, 0.2) is 30.3 Å². The highest BCUT2D eigenvalue weighted by Crippen LogP contribution is 2.17. The molecule has 2 N–H and O–H groups in total. The summed E-state index contributed by atoms with van der Waals surface area (Å²) in [6.45, 7) is 0.749. The number of nitrogens with one attached hydrogen (secondary N) is 1. The van der Waals surface area contributed by atoms with Crippen molar-refractivity contribution in [2.75, 3.05) is 0 Å². The molecule has 1 aromatic carbocycles. The molecule has 0 radical (unpaired) electrons. The number of nitrogens with zero attached hydrogens (tertiary/aromatic N) is 2. The predicted molar refractivity (Wildman–Crippen MR) is 79.0 cm³/mol. The molecule has 0 aliphatic carbocycles. The Labute approximate surface area is 122 Å².